The number of carbonyl (C=O) groups is 4. The summed E-state index contributed by atoms with van der Waals surface area (Å²) in [5.41, 5.74) is 2.45. The maximum atomic E-state index is 13.1. The van der Waals surface area contributed by atoms with E-state index in [4.69, 9.17) is 9.47 Å². The lowest BCUT2D eigenvalue weighted by Crippen LogP contribution is -2.31. The summed E-state index contributed by atoms with van der Waals surface area (Å²) in [6.07, 6.45) is -0.00825. The van der Waals surface area contributed by atoms with Gasteiger partial charge in [-0.3, -0.25) is 19.2 Å². The highest BCUT2D eigenvalue weighted by molar-refractivity contribution is 7.10. The van der Waals surface area contributed by atoms with Gasteiger partial charge in [0.1, 0.15) is 5.75 Å². The highest BCUT2D eigenvalue weighted by Gasteiger charge is 2.46. The van der Waals surface area contributed by atoms with Gasteiger partial charge in [0.15, 0.2) is 19.0 Å². The van der Waals surface area contributed by atoms with Crippen LogP contribution in [0.5, 0.6) is 5.75 Å². The molecule has 9 heteroatoms. The standard InChI is InChI=1S/C26H22N2O6S/c1-15-4-7-17(8-5-15)28-24(31)12-18(25(28)22-3-2-10-35-22)26(32)34-13-20(29)16-6-9-21-19(11-16)27-23(30)14-33-21/h2-11,18,25H,12-14H2,1H3,(H,27,30)/t18-,25+/m1/s1. The van der Waals surface area contributed by atoms with E-state index in [2.05, 4.69) is 5.32 Å². The molecule has 0 radical (unpaired) electrons. The minimum absolute atomic E-state index is 0.00825. The van der Waals surface area contributed by atoms with E-state index in [9.17, 15) is 19.2 Å². The molecule has 0 bridgehead atoms. The zero-order valence-corrected chi connectivity index (χ0v) is 19.7. The van der Waals surface area contributed by atoms with Crippen molar-refractivity contribution in [3.63, 3.8) is 0 Å². The van der Waals surface area contributed by atoms with E-state index in [1.165, 1.54) is 17.4 Å². The van der Waals surface area contributed by atoms with Crippen LogP contribution in [0.15, 0.2) is 60.0 Å². The maximum absolute atomic E-state index is 13.1. The summed E-state index contributed by atoms with van der Waals surface area (Å²) >= 11 is 1.46. The first-order chi connectivity index (χ1) is 16.9. The van der Waals surface area contributed by atoms with Gasteiger partial charge < -0.3 is 19.7 Å². The second-order valence-corrected chi connectivity index (χ2v) is 9.43. The number of anilines is 2. The average molecular weight is 491 g/mol. The van der Waals surface area contributed by atoms with Crippen LogP contribution >= 0.6 is 11.3 Å². The largest absolute Gasteiger partial charge is 0.482 e. The number of nitrogens with one attached hydrogen (secondary N) is 1. The molecule has 2 amide bonds. The van der Waals surface area contributed by atoms with Crippen molar-refractivity contribution < 1.29 is 28.7 Å². The molecule has 35 heavy (non-hydrogen) atoms. The Morgan fingerprint density at radius 3 is 2.69 bits per heavy atom. The first kappa shape index (κ1) is 22.8. The third-order valence-electron chi connectivity index (χ3n) is 6.05. The number of rotatable bonds is 6. The zero-order valence-electron chi connectivity index (χ0n) is 18.9. The zero-order chi connectivity index (χ0) is 24.5. The van der Waals surface area contributed by atoms with Gasteiger partial charge in [0, 0.05) is 22.5 Å². The van der Waals surface area contributed by atoms with Crippen molar-refractivity contribution >= 4 is 46.3 Å². The summed E-state index contributed by atoms with van der Waals surface area (Å²) in [6.45, 7) is 1.41. The molecule has 2 aliphatic rings. The Morgan fingerprint density at radius 2 is 1.94 bits per heavy atom. The molecule has 8 nitrogen and oxygen atoms in total. The molecule has 0 aliphatic carbocycles. The SMILES string of the molecule is Cc1ccc(N2C(=O)C[C@@H](C(=O)OCC(=O)c3ccc4c(c3)NC(=O)CO4)[C@H]2c2cccs2)cc1. The minimum atomic E-state index is -0.744. The van der Waals surface area contributed by atoms with Crippen molar-refractivity contribution in [2.75, 3.05) is 23.4 Å². The molecule has 178 valence electrons. The number of ketones is 1. The van der Waals surface area contributed by atoms with Gasteiger partial charge in [0.05, 0.1) is 17.6 Å². The van der Waals surface area contributed by atoms with Gasteiger partial charge in [-0.2, -0.15) is 0 Å². The van der Waals surface area contributed by atoms with Gasteiger partial charge in [-0.15, -0.1) is 11.3 Å². The molecular weight excluding hydrogens is 468 g/mol. The predicted octanol–water partition coefficient (Wildman–Crippen LogP) is 3.91. The van der Waals surface area contributed by atoms with Gasteiger partial charge >= 0.3 is 5.97 Å². The Hall–Kier alpha value is -3.98. The van der Waals surface area contributed by atoms with E-state index >= 15 is 0 Å². The first-order valence-electron chi connectivity index (χ1n) is 11.1. The fourth-order valence-corrected chi connectivity index (χ4v) is 5.20. The second kappa shape index (κ2) is 9.34. The molecule has 1 N–H and O–H groups in total. The van der Waals surface area contributed by atoms with E-state index in [0.717, 1.165) is 10.4 Å². The number of Topliss-reactive ketones (excluding diaryl/α,β-unsaturated/α-hetero) is 1. The van der Waals surface area contributed by atoms with Crippen LogP contribution in [-0.2, 0) is 19.1 Å². The summed E-state index contributed by atoms with van der Waals surface area (Å²) in [5.74, 6) is -1.78. The first-order valence-corrected chi connectivity index (χ1v) is 12.0. The molecule has 0 saturated carbocycles. The molecule has 2 atom stereocenters. The summed E-state index contributed by atoms with van der Waals surface area (Å²) < 4.78 is 10.7. The molecule has 1 aromatic heterocycles. The van der Waals surface area contributed by atoms with Crippen LogP contribution in [0.2, 0.25) is 0 Å². The van der Waals surface area contributed by atoms with Gasteiger partial charge in [0.25, 0.3) is 5.91 Å². The highest BCUT2D eigenvalue weighted by atomic mass is 32.1. The van der Waals surface area contributed by atoms with Crippen molar-refractivity contribution in [1.82, 2.24) is 0 Å². The van der Waals surface area contributed by atoms with E-state index in [-0.39, 0.29) is 30.4 Å². The molecule has 2 aliphatic heterocycles. The van der Waals surface area contributed by atoms with Gasteiger partial charge in [0.2, 0.25) is 5.91 Å². The number of fused-ring (bicyclic) bond motifs is 1. The van der Waals surface area contributed by atoms with E-state index in [1.807, 2.05) is 48.7 Å². The maximum Gasteiger partial charge on any atom is 0.312 e. The average Bonchev–Trinajstić information content (AvgIpc) is 3.50. The molecule has 1 saturated heterocycles. The number of amides is 2. The Labute approximate surface area is 205 Å². The third-order valence-corrected chi connectivity index (χ3v) is 6.99. The lowest BCUT2D eigenvalue weighted by atomic mass is 9.98. The van der Waals surface area contributed by atoms with Crippen LogP contribution in [0.3, 0.4) is 0 Å². The number of benzene rings is 2. The lowest BCUT2D eigenvalue weighted by molar-refractivity contribution is -0.148. The van der Waals surface area contributed by atoms with Crippen molar-refractivity contribution in [2.45, 2.75) is 19.4 Å². The van der Waals surface area contributed by atoms with E-state index < -0.39 is 30.3 Å². The summed E-state index contributed by atoms with van der Waals surface area (Å²) in [5, 5.41) is 4.55. The Balaban J connectivity index is 1.32. The molecule has 0 unspecified atom stereocenters. The Kier molecular flexibility index (Phi) is 6.08. The lowest BCUT2D eigenvalue weighted by Gasteiger charge is -2.27. The molecule has 3 heterocycles. The monoisotopic (exact) mass is 490 g/mol. The Morgan fingerprint density at radius 1 is 1.14 bits per heavy atom. The minimum Gasteiger partial charge on any atom is -0.482 e. The quantitative estimate of drug-likeness (QED) is 0.415. The van der Waals surface area contributed by atoms with Gasteiger partial charge in [-0.05, 0) is 48.7 Å². The van der Waals surface area contributed by atoms with Gasteiger partial charge in [-0.25, -0.2) is 0 Å². The molecular formula is C26H22N2O6S. The normalized spacial score (nSPS) is 19.1. The highest BCUT2D eigenvalue weighted by Crippen LogP contribution is 2.43. The topological polar surface area (TPSA) is 102 Å². The van der Waals surface area contributed by atoms with Crippen molar-refractivity contribution in [3.8, 4) is 5.75 Å². The van der Waals surface area contributed by atoms with Crippen LogP contribution in [-0.4, -0.2) is 36.8 Å². The number of carbonyl (C=O) groups excluding carboxylic acids is 4. The fourth-order valence-electron chi connectivity index (χ4n) is 4.32. The number of thiophene rings is 1. The summed E-state index contributed by atoms with van der Waals surface area (Å²) in [4.78, 5) is 52.9. The van der Waals surface area contributed by atoms with Crippen LogP contribution in [0, 0.1) is 12.8 Å². The fraction of sp³-hybridized carbons (Fsp3) is 0.231. The number of nitrogens with zero attached hydrogens (tertiary/aromatic N) is 1. The Bertz CT molecular complexity index is 1300. The predicted molar refractivity (Wildman–Crippen MR) is 130 cm³/mol. The second-order valence-electron chi connectivity index (χ2n) is 8.45. The van der Waals surface area contributed by atoms with E-state index in [0.29, 0.717) is 17.1 Å². The molecule has 0 spiro atoms. The number of hydrogen-bond donors (Lipinski definition) is 1. The number of ether oxygens (including phenoxy) is 2. The third kappa shape index (κ3) is 4.54. The van der Waals surface area contributed by atoms with E-state index in [1.54, 1.807) is 17.0 Å². The van der Waals surface area contributed by atoms with Crippen molar-refractivity contribution in [3.05, 3.63) is 76.0 Å². The van der Waals surface area contributed by atoms with Crippen LogP contribution in [0.1, 0.15) is 33.3 Å². The van der Waals surface area contributed by atoms with Crippen molar-refractivity contribution in [2.24, 2.45) is 5.92 Å². The van der Waals surface area contributed by atoms with Crippen molar-refractivity contribution in [1.29, 1.82) is 0 Å². The molecule has 1 fully saturated rings. The number of aryl methyl sites for hydroxylation is 1. The summed E-state index contributed by atoms with van der Waals surface area (Å²) in [6, 6.07) is 15.5. The molecule has 5 rings (SSSR count). The molecule has 3 aromatic rings. The number of esters is 1. The van der Waals surface area contributed by atoms with Crippen LogP contribution in [0.25, 0.3) is 0 Å². The smallest absolute Gasteiger partial charge is 0.312 e. The van der Waals surface area contributed by atoms with Crippen LogP contribution in [0.4, 0.5) is 11.4 Å². The molecule has 2 aromatic carbocycles. The summed E-state index contributed by atoms with van der Waals surface area (Å²) in [7, 11) is 0. The van der Waals surface area contributed by atoms with Gasteiger partial charge in [-0.1, -0.05) is 23.8 Å². The van der Waals surface area contributed by atoms with Crippen LogP contribution < -0.4 is 15.0 Å². The number of hydrogen-bond acceptors (Lipinski definition) is 7.